The zero-order valence-corrected chi connectivity index (χ0v) is 19.1. The van der Waals surface area contributed by atoms with E-state index in [4.69, 9.17) is 16.6 Å². The number of halogens is 1. The summed E-state index contributed by atoms with van der Waals surface area (Å²) in [6.45, 7) is 2.59. The van der Waals surface area contributed by atoms with Crippen LogP contribution in [0.2, 0.25) is 5.02 Å². The van der Waals surface area contributed by atoms with E-state index < -0.39 is 0 Å². The quantitative estimate of drug-likeness (QED) is 0.394. The number of hydrogen-bond donors (Lipinski definition) is 2. The highest BCUT2D eigenvalue weighted by atomic mass is 35.5. The third-order valence-corrected chi connectivity index (χ3v) is 5.70. The van der Waals surface area contributed by atoms with Crippen molar-refractivity contribution in [1.82, 2.24) is 14.9 Å². The molecule has 1 heterocycles. The van der Waals surface area contributed by atoms with Gasteiger partial charge in [0.2, 0.25) is 5.91 Å². The first kappa shape index (κ1) is 22.6. The van der Waals surface area contributed by atoms with Gasteiger partial charge >= 0.3 is 0 Å². The number of carbonyl (C=O) groups is 2. The maximum Gasteiger partial charge on any atom is 0.251 e. The molecule has 0 aliphatic carbocycles. The molecule has 7 heteroatoms. The van der Waals surface area contributed by atoms with Crippen LogP contribution in [0.15, 0.2) is 72.8 Å². The molecule has 0 fully saturated rings. The third kappa shape index (κ3) is 5.41. The Bertz CT molecular complexity index is 1280. The van der Waals surface area contributed by atoms with E-state index in [9.17, 15) is 9.59 Å². The molecule has 0 unspecified atom stereocenters. The highest BCUT2D eigenvalue weighted by Gasteiger charge is 2.15. The van der Waals surface area contributed by atoms with Crippen molar-refractivity contribution in [3.05, 3.63) is 94.8 Å². The summed E-state index contributed by atoms with van der Waals surface area (Å²) >= 11 is 5.89. The van der Waals surface area contributed by atoms with Gasteiger partial charge in [-0.15, -0.1) is 0 Å². The molecule has 0 saturated carbocycles. The number of para-hydroxylation sites is 3. The molecule has 0 atom stereocenters. The van der Waals surface area contributed by atoms with Gasteiger partial charge in [0.25, 0.3) is 5.91 Å². The predicted octanol–water partition coefficient (Wildman–Crippen LogP) is 4.86. The highest BCUT2D eigenvalue weighted by molar-refractivity contribution is 6.30. The van der Waals surface area contributed by atoms with Crippen LogP contribution in [0.4, 0.5) is 5.69 Å². The second-order valence-corrected chi connectivity index (χ2v) is 8.11. The van der Waals surface area contributed by atoms with Crippen LogP contribution in [0.5, 0.6) is 0 Å². The van der Waals surface area contributed by atoms with Gasteiger partial charge in [-0.05, 0) is 54.4 Å². The number of fused-ring (bicyclic) bond motifs is 1. The lowest BCUT2D eigenvalue weighted by Gasteiger charge is -2.12. The molecule has 0 saturated heterocycles. The Kier molecular flexibility index (Phi) is 7.05. The van der Waals surface area contributed by atoms with Crippen molar-refractivity contribution >= 4 is 40.1 Å². The van der Waals surface area contributed by atoms with E-state index in [0.29, 0.717) is 23.6 Å². The summed E-state index contributed by atoms with van der Waals surface area (Å²) in [4.78, 5) is 30.0. The van der Waals surface area contributed by atoms with E-state index in [1.165, 1.54) is 0 Å². The number of aromatic nitrogens is 2. The molecule has 4 aromatic rings. The Morgan fingerprint density at radius 3 is 2.48 bits per heavy atom. The predicted molar refractivity (Wildman–Crippen MR) is 132 cm³/mol. The standard InChI is InChI=1S/C26H25ClN4O2/c1-2-18-7-3-4-8-21(18)30-25(32)17-31-23-10-6-5-9-22(23)29-24(31)15-16-28-26(33)19-11-13-20(27)14-12-19/h3-14H,2,15-17H2,1H3,(H,28,33)(H,30,32). The molecule has 0 aliphatic rings. The number of nitrogens with one attached hydrogen (secondary N) is 2. The maximum atomic E-state index is 12.9. The average Bonchev–Trinajstić information content (AvgIpc) is 3.17. The van der Waals surface area contributed by atoms with Crippen molar-refractivity contribution in [1.29, 1.82) is 0 Å². The summed E-state index contributed by atoms with van der Waals surface area (Å²) in [5, 5.41) is 6.52. The first-order valence-electron chi connectivity index (χ1n) is 10.9. The lowest BCUT2D eigenvalue weighted by molar-refractivity contribution is -0.116. The van der Waals surface area contributed by atoms with E-state index in [1.54, 1.807) is 24.3 Å². The van der Waals surface area contributed by atoms with Gasteiger partial charge < -0.3 is 15.2 Å². The summed E-state index contributed by atoms with van der Waals surface area (Å²) in [5.74, 6) is 0.445. The van der Waals surface area contributed by atoms with Crippen molar-refractivity contribution in [2.45, 2.75) is 26.3 Å². The van der Waals surface area contributed by atoms with Gasteiger partial charge in [-0.3, -0.25) is 9.59 Å². The van der Waals surface area contributed by atoms with Gasteiger partial charge in [0.1, 0.15) is 12.4 Å². The number of benzene rings is 3. The van der Waals surface area contributed by atoms with Crippen LogP contribution in [0, 0.1) is 0 Å². The zero-order chi connectivity index (χ0) is 23.2. The van der Waals surface area contributed by atoms with Crippen molar-refractivity contribution in [3.8, 4) is 0 Å². The molecule has 2 amide bonds. The van der Waals surface area contributed by atoms with Crippen molar-refractivity contribution < 1.29 is 9.59 Å². The largest absolute Gasteiger partial charge is 0.352 e. The van der Waals surface area contributed by atoms with Crippen LogP contribution in [0.3, 0.4) is 0 Å². The van der Waals surface area contributed by atoms with Crippen LogP contribution in [0.1, 0.15) is 28.7 Å². The van der Waals surface area contributed by atoms with E-state index in [1.807, 2.05) is 53.1 Å². The Labute approximate surface area is 197 Å². The molecule has 0 spiro atoms. The number of amides is 2. The van der Waals surface area contributed by atoms with Crippen LogP contribution in [0.25, 0.3) is 11.0 Å². The SMILES string of the molecule is CCc1ccccc1NC(=O)Cn1c(CCNC(=O)c2ccc(Cl)cc2)nc2ccccc21. The lowest BCUT2D eigenvalue weighted by Crippen LogP contribution is -2.27. The molecule has 2 N–H and O–H groups in total. The van der Waals surface area contributed by atoms with Gasteiger partial charge in [-0.25, -0.2) is 4.98 Å². The van der Waals surface area contributed by atoms with Crippen molar-refractivity contribution in [3.63, 3.8) is 0 Å². The van der Waals surface area contributed by atoms with Gasteiger partial charge in [-0.1, -0.05) is 48.9 Å². The second kappa shape index (κ2) is 10.3. The number of imidazole rings is 1. The first-order valence-corrected chi connectivity index (χ1v) is 11.3. The number of anilines is 1. The minimum Gasteiger partial charge on any atom is -0.352 e. The molecular formula is C26H25ClN4O2. The number of aryl methyl sites for hydroxylation is 1. The van der Waals surface area contributed by atoms with Gasteiger partial charge in [0, 0.05) is 29.2 Å². The Balaban J connectivity index is 1.48. The molecule has 0 bridgehead atoms. The smallest absolute Gasteiger partial charge is 0.251 e. The van der Waals surface area contributed by atoms with Crippen LogP contribution < -0.4 is 10.6 Å². The molecule has 33 heavy (non-hydrogen) atoms. The van der Waals surface area contributed by atoms with E-state index in [0.717, 1.165) is 34.5 Å². The zero-order valence-electron chi connectivity index (χ0n) is 18.3. The maximum absolute atomic E-state index is 12.9. The summed E-state index contributed by atoms with van der Waals surface area (Å²) < 4.78 is 1.91. The molecule has 1 aromatic heterocycles. The third-order valence-electron chi connectivity index (χ3n) is 5.45. The summed E-state index contributed by atoms with van der Waals surface area (Å²) in [6.07, 6.45) is 1.33. The summed E-state index contributed by atoms with van der Waals surface area (Å²) in [6, 6.07) is 22.3. The monoisotopic (exact) mass is 460 g/mol. The van der Waals surface area contributed by atoms with Crippen LogP contribution in [-0.2, 0) is 24.2 Å². The van der Waals surface area contributed by atoms with Crippen LogP contribution in [-0.4, -0.2) is 27.9 Å². The van der Waals surface area contributed by atoms with Crippen molar-refractivity contribution in [2.75, 3.05) is 11.9 Å². The fourth-order valence-corrected chi connectivity index (χ4v) is 3.89. The minimum atomic E-state index is -0.178. The fourth-order valence-electron chi connectivity index (χ4n) is 3.77. The Morgan fingerprint density at radius 1 is 0.970 bits per heavy atom. The average molecular weight is 461 g/mol. The summed E-state index contributed by atoms with van der Waals surface area (Å²) in [5.41, 5.74) is 4.16. The highest BCUT2D eigenvalue weighted by Crippen LogP contribution is 2.19. The molecule has 0 radical (unpaired) electrons. The molecule has 0 aliphatic heterocycles. The fraction of sp³-hybridized carbons (Fsp3) is 0.192. The van der Waals surface area contributed by atoms with Crippen molar-refractivity contribution in [2.24, 2.45) is 0 Å². The molecule has 3 aromatic carbocycles. The Hall–Kier alpha value is -3.64. The second-order valence-electron chi connectivity index (χ2n) is 7.67. The topological polar surface area (TPSA) is 76.0 Å². The number of nitrogens with zero attached hydrogens (tertiary/aromatic N) is 2. The van der Waals surface area contributed by atoms with Crippen LogP contribution >= 0.6 is 11.6 Å². The van der Waals surface area contributed by atoms with Gasteiger partial charge in [0.05, 0.1) is 11.0 Å². The Morgan fingerprint density at radius 2 is 1.70 bits per heavy atom. The molecule has 168 valence electrons. The molecule has 6 nitrogen and oxygen atoms in total. The van der Waals surface area contributed by atoms with E-state index >= 15 is 0 Å². The molecular weight excluding hydrogens is 436 g/mol. The summed E-state index contributed by atoms with van der Waals surface area (Å²) in [7, 11) is 0. The van der Waals surface area contributed by atoms with E-state index in [2.05, 4.69) is 17.6 Å². The minimum absolute atomic E-state index is 0.120. The molecule has 4 rings (SSSR count). The number of hydrogen-bond acceptors (Lipinski definition) is 3. The van der Waals surface area contributed by atoms with E-state index in [-0.39, 0.29) is 18.4 Å². The normalized spacial score (nSPS) is 10.8. The number of carbonyl (C=O) groups excluding carboxylic acids is 2. The first-order chi connectivity index (χ1) is 16.0. The van der Waals surface area contributed by atoms with Gasteiger partial charge in [-0.2, -0.15) is 0 Å². The lowest BCUT2D eigenvalue weighted by atomic mass is 10.1. The van der Waals surface area contributed by atoms with Gasteiger partial charge in [0.15, 0.2) is 0 Å². The number of rotatable bonds is 8.